The molecule has 1 aliphatic rings. The van der Waals surface area contributed by atoms with E-state index >= 15 is 0 Å². The molecule has 0 amide bonds. The summed E-state index contributed by atoms with van der Waals surface area (Å²) in [4.78, 5) is 0. The molecule has 3 heteroatoms. The van der Waals surface area contributed by atoms with Crippen molar-refractivity contribution in [1.82, 2.24) is 0 Å². The molecule has 3 atom stereocenters. The Kier molecular flexibility index (Phi) is 3.55. The van der Waals surface area contributed by atoms with Gasteiger partial charge in [-0.15, -0.1) is 0 Å². The van der Waals surface area contributed by atoms with E-state index < -0.39 is 0 Å². The van der Waals surface area contributed by atoms with Crippen LogP contribution in [0.25, 0.3) is 0 Å². The molecule has 2 rings (SSSR count). The van der Waals surface area contributed by atoms with Gasteiger partial charge in [-0.2, -0.15) is 0 Å². The summed E-state index contributed by atoms with van der Waals surface area (Å²) in [6, 6.07) is 6.20. The van der Waals surface area contributed by atoms with Crippen LogP contribution in [-0.4, -0.2) is 6.10 Å². The zero-order valence-electron chi connectivity index (χ0n) is 9.74. The zero-order chi connectivity index (χ0) is 11.7. The second-order valence-corrected chi connectivity index (χ2v) is 5.48. The van der Waals surface area contributed by atoms with Crippen LogP contribution >= 0.6 is 15.9 Å². The van der Waals surface area contributed by atoms with Crippen molar-refractivity contribution in [2.45, 2.75) is 38.8 Å². The average Bonchev–Trinajstić information content (AvgIpc) is 2.27. The first-order valence-electron chi connectivity index (χ1n) is 5.83. The minimum Gasteiger partial charge on any atom is -0.490 e. The summed E-state index contributed by atoms with van der Waals surface area (Å²) in [5.41, 5.74) is 7.31. The maximum absolute atomic E-state index is 6.18. The number of ether oxygens (including phenoxy) is 1. The van der Waals surface area contributed by atoms with Crippen LogP contribution in [0.15, 0.2) is 22.7 Å². The van der Waals surface area contributed by atoms with Gasteiger partial charge in [-0.3, -0.25) is 0 Å². The smallest absolute Gasteiger partial charge is 0.125 e. The van der Waals surface area contributed by atoms with Crippen molar-refractivity contribution in [1.29, 1.82) is 0 Å². The van der Waals surface area contributed by atoms with E-state index in [9.17, 15) is 0 Å². The van der Waals surface area contributed by atoms with Crippen LogP contribution in [0.5, 0.6) is 5.75 Å². The fourth-order valence-corrected chi connectivity index (χ4v) is 2.46. The van der Waals surface area contributed by atoms with Crippen LogP contribution in [0.3, 0.4) is 0 Å². The molecule has 2 N–H and O–H groups in total. The molecule has 1 heterocycles. The van der Waals surface area contributed by atoms with Crippen molar-refractivity contribution in [2.75, 3.05) is 0 Å². The lowest BCUT2D eigenvalue weighted by molar-refractivity contribution is 0.105. The second kappa shape index (κ2) is 4.76. The van der Waals surface area contributed by atoms with Gasteiger partial charge in [-0.1, -0.05) is 42.3 Å². The van der Waals surface area contributed by atoms with Gasteiger partial charge < -0.3 is 10.5 Å². The Morgan fingerprint density at radius 3 is 3.00 bits per heavy atom. The summed E-state index contributed by atoms with van der Waals surface area (Å²) in [5.74, 6) is 1.50. The quantitative estimate of drug-likeness (QED) is 0.899. The van der Waals surface area contributed by atoms with Gasteiger partial charge in [-0.05, 0) is 18.1 Å². The van der Waals surface area contributed by atoms with Crippen molar-refractivity contribution < 1.29 is 4.74 Å². The van der Waals surface area contributed by atoms with E-state index in [1.54, 1.807) is 0 Å². The monoisotopic (exact) mass is 283 g/mol. The molecule has 0 aromatic heterocycles. The summed E-state index contributed by atoms with van der Waals surface area (Å²) in [7, 11) is 0. The predicted molar refractivity (Wildman–Crippen MR) is 69.6 cm³/mol. The Bertz CT molecular complexity index is 380. The molecular weight excluding hydrogens is 266 g/mol. The molecule has 1 aromatic rings. The molecule has 2 nitrogen and oxygen atoms in total. The first-order chi connectivity index (χ1) is 7.61. The standard InChI is InChI=1S/C13H18BrNO/c1-3-8(2)12-7-11(15)10-5-4-9(14)6-13(10)16-12/h4-6,8,11-12H,3,7,15H2,1-2H3/t8?,11-,12?/m1/s1. The fraction of sp³-hybridized carbons (Fsp3) is 0.538. The molecule has 1 aliphatic heterocycles. The van der Waals surface area contributed by atoms with Gasteiger partial charge in [0, 0.05) is 22.5 Å². The third-order valence-electron chi connectivity index (χ3n) is 3.42. The zero-order valence-corrected chi connectivity index (χ0v) is 11.3. The highest BCUT2D eigenvalue weighted by molar-refractivity contribution is 9.10. The van der Waals surface area contributed by atoms with Crippen molar-refractivity contribution in [3.05, 3.63) is 28.2 Å². The number of benzene rings is 1. The first kappa shape index (κ1) is 11.9. The normalized spacial score (nSPS) is 25.8. The molecular formula is C13H18BrNO. The highest BCUT2D eigenvalue weighted by atomic mass is 79.9. The first-order valence-corrected chi connectivity index (χ1v) is 6.62. The fourth-order valence-electron chi connectivity index (χ4n) is 2.12. The van der Waals surface area contributed by atoms with Crippen molar-refractivity contribution in [3.63, 3.8) is 0 Å². The lowest BCUT2D eigenvalue weighted by atomic mass is 9.90. The topological polar surface area (TPSA) is 35.2 Å². The van der Waals surface area contributed by atoms with Gasteiger partial charge in [0.25, 0.3) is 0 Å². The third kappa shape index (κ3) is 2.25. The van der Waals surface area contributed by atoms with Crippen LogP contribution in [-0.2, 0) is 0 Å². The molecule has 0 spiro atoms. The highest BCUT2D eigenvalue weighted by Gasteiger charge is 2.28. The van der Waals surface area contributed by atoms with E-state index in [1.807, 2.05) is 12.1 Å². The molecule has 0 saturated heterocycles. The van der Waals surface area contributed by atoms with Gasteiger partial charge in [0.2, 0.25) is 0 Å². The lowest BCUT2D eigenvalue weighted by Gasteiger charge is -2.33. The maximum atomic E-state index is 6.18. The number of hydrogen-bond donors (Lipinski definition) is 1. The summed E-state index contributed by atoms with van der Waals surface area (Å²) in [6.07, 6.45) is 2.30. The van der Waals surface area contributed by atoms with Gasteiger partial charge in [-0.25, -0.2) is 0 Å². The van der Waals surface area contributed by atoms with E-state index in [-0.39, 0.29) is 12.1 Å². The number of rotatable bonds is 2. The van der Waals surface area contributed by atoms with Gasteiger partial charge >= 0.3 is 0 Å². The summed E-state index contributed by atoms with van der Waals surface area (Å²) < 4.78 is 7.07. The largest absolute Gasteiger partial charge is 0.490 e. The van der Waals surface area contributed by atoms with E-state index in [2.05, 4.69) is 35.8 Å². The Morgan fingerprint density at radius 2 is 2.31 bits per heavy atom. The lowest BCUT2D eigenvalue weighted by Crippen LogP contribution is -2.34. The van der Waals surface area contributed by atoms with Crippen LogP contribution in [0, 0.1) is 5.92 Å². The van der Waals surface area contributed by atoms with E-state index in [0.717, 1.165) is 28.6 Å². The Balaban J connectivity index is 2.27. The van der Waals surface area contributed by atoms with E-state index in [0.29, 0.717) is 5.92 Å². The molecule has 0 fully saturated rings. The summed E-state index contributed by atoms with van der Waals surface area (Å²) in [5, 5.41) is 0. The SMILES string of the molecule is CCC(C)C1C[C@@H](N)c2ccc(Br)cc2O1. The Labute approximate surface area is 105 Å². The van der Waals surface area contributed by atoms with Gasteiger partial charge in [0.15, 0.2) is 0 Å². The molecule has 88 valence electrons. The maximum Gasteiger partial charge on any atom is 0.125 e. The molecule has 2 unspecified atom stereocenters. The molecule has 0 radical (unpaired) electrons. The van der Waals surface area contributed by atoms with Crippen LogP contribution in [0.4, 0.5) is 0 Å². The van der Waals surface area contributed by atoms with Crippen molar-refractivity contribution in [2.24, 2.45) is 11.7 Å². The summed E-state index contributed by atoms with van der Waals surface area (Å²) in [6.45, 7) is 4.41. The molecule has 0 saturated carbocycles. The Morgan fingerprint density at radius 1 is 1.56 bits per heavy atom. The predicted octanol–water partition coefficient (Wildman–Crippen LogP) is 3.65. The third-order valence-corrected chi connectivity index (χ3v) is 3.91. The molecule has 16 heavy (non-hydrogen) atoms. The minimum atomic E-state index is 0.107. The number of fused-ring (bicyclic) bond motifs is 1. The van der Waals surface area contributed by atoms with Crippen LogP contribution < -0.4 is 10.5 Å². The van der Waals surface area contributed by atoms with Crippen LogP contribution in [0.2, 0.25) is 0 Å². The molecule has 0 aliphatic carbocycles. The van der Waals surface area contributed by atoms with Crippen LogP contribution in [0.1, 0.15) is 38.3 Å². The molecule has 0 bridgehead atoms. The minimum absolute atomic E-state index is 0.107. The number of halogens is 1. The van der Waals surface area contributed by atoms with E-state index in [1.165, 1.54) is 0 Å². The number of nitrogens with two attached hydrogens (primary N) is 1. The average molecular weight is 284 g/mol. The van der Waals surface area contributed by atoms with E-state index in [4.69, 9.17) is 10.5 Å². The summed E-state index contributed by atoms with van der Waals surface area (Å²) >= 11 is 3.46. The molecule has 1 aromatic carbocycles. The van der Waals surface area contributed by atoms with Crippen molar-refractivity contribution in [3.8, 4) is 5.75 Å². The number of hydrogen-bond acceptors (Lipinski definition) is 2. The van der Waals surface area contributed by atoms with Gasteiger partial charge in [0.1, 0.15) is 11.9 Å². The van der Waals surface area contributed by atoms with Crippen molar-refractivity contribution >= 4 is 15.9 Å². The second-order valence-electron chi connectivity index (χ2n) is 4.57. The van der Waals surface area contributed by atoms with Gasteiger partial charge in [0.05, 0.1) is 0 Å². The Hall–Kier alpha value is -0.540. The highest BCUT2D eigenvalue weighted by Crippen LogP contribution is 2.37.